The molecule has 0 aromatic heterocycles. The van der Waals surface area contributed by atoms with Gasteiger partial charge in [-0.2, -0.15) is 5.26 Å². The van der Waals surface area contributed by atoms with Crippen molar-refractivity contribution in [2.45, 2.75) is 5.92 Å². The van der Waals surface area contributed by atoms with Gasteiger partial charge in [0, 0.05) is 11.5 Å². The second kappa shape index (κ2) is 9.07. The first-order valence-corrected chi connectivity index (χ1v) is 9.87. The Balaban J connectivity index is 1.34. The first-order chi connectivity index (χ1) is 15.2. The van der Waals surface area contributed by atoms with Crippen LogP contribution in [0.2, 0.25) is 0 Å². The minimum atomic E-state index is -0.511. The zero-order valence-electron chi connectivity index (χ0n) is 17.0. The van der Waals surface area contributed by atoms with Crippen molar-refractivity contribution in [2.24, 2.45) is 0 Å². The molecule has 0 fully saturated rings. The molecule has 0 saturated heterocycles. The van der Waals surface area contributed by atoms with Crippen LogP contribution >= 0.6 is 0 Å². The van der Waals surface area contributed by atoms with Gasteiger partial charge in [-0.15, -0.1) is 0 Å². The molecule has 0 aliphatic heterocycles. The van der Waals surface area contributed by atoms with E-state index in [1.807, 2.05) is 24.3 Å². The summed E-state index contributed by atoms with van der Waals surface area (Å²) in [7, 11) is 1.51. The topological polar surface area (TPSA) is 71.3 Å². The van der Waals surface area contributed by atoms with Crippen molar-refractivity contribution >= 4 is 6.09 Å². The monoisotopic (exact) mass is 408 g/mol. The Bertz CT molecular complexity index is 1190. The molecule has 0 atom stereocenters. The minimum Gasteiger partial charge on any atom is -0.495 e. The van der Waals surface area contributed by atoms with Crippen LogP contribution in [-0.4, -0.2) is 26.4 Å². The smallest absolute Gasteiger partial charge is 0.407 e. The van der Waals surface area contributed by atoms with Crippen molar-refractivity contribution in [2.75, 3.05) is 20.3 Å². The number of amides is 1. The minimum absolute atomic E-state index is 0.0212. The van der Waals surface area contributed by atoms with Gasteiger partial charge in [0.05, 0.1) is 19.2 Å². The lowest BCUT2D eigenvalue weighted by Crippen LogP contribution is -2.26. The van der Waals surface area contributed by atoms with Gasteiger partial charge in [-0.25, -0.2) is 4.79 Å². The van der Waals surface area contributed by atoms with Crippen molar-refractivity contribution in [1.29, 1.82) is 5.26 Å². The first kappa shape index (κ1) is 20.1. The van der Waals surface area contributed by atoms with Gasteiger partial charge in [0.1, 0.15) is 18.4 Å². The second-order valence-electron chi connectivity index (χ2n) is 7.01. The van der Waals surface area contributed by atoms with E-state index in [1.165, 1.54) is 29.4 Å². The van der Waals surface area contributed by atoms with E-state index in [4.69, 9.17) is 14.7 Å². The molecule has 0 heterocycles. The number of alkyl carbamates (subject to hydrolysis) is 1. The number of fused-ring (bicyclic) bond motifs is 3. The highest BCUT2D eigenvalue weighted by molar-refractivity contribution is 5.79. The summed E-state index contributed by atoms with van der Waals surface area (Å²) < 4.78 is 10.6. The molecule has 1 amide bonds. The molecule has 1 N–H and O–H groups in total. The van der Waals surface area contributed by atoms with Crippen LogP contribution in [-0.2, 0) is 4.74 Å². The SMILES string of the molecule is COc1ccc(C#CCNC(=O)OCC2c3ccccc3-c3ccccc32)cc1C#N. The number of benzene rings is 3. The van der Waals surface area contributed by atoms with Crippen molar-refractivity contribution in [3.05, 3.63) is 89.0 Å². The summed E-state index contributed by atoms with van der Waals surface area (Å²) in [6.45, 7) is 0.405. The Morgan fingerprint density at radius 2 is 1.71 bits per heavy atom. The van der Waals surface area contributed by atoms with Crippen LogP contribution in [0, 0.1) is 23.2 Å². The number of rotatable bonds is 4. The molecule has 5 heteroatoms. The molecular formula is C26H20N2O3. The molecule has 1 aliphatic rings. The standard InChI is InChI=1S/C26H20N2O3/c1-30-25-13-12-18(15-19(25)16-27)7-6-14-28-26(29)31-17-24-22-10-4-2-8-20(22)21-9-3-5-11-23(21)24/h2-5,8-13,15,24H,14,17H2,1H3,(H,28,29). The van der Waals surface area contributed by atoms with Crippen LogP contribution in [0.1, 0.15) is 28.2 Å². The molecule has 0 saturated carbocycles. The fraction of sp³-hybridized carbons (Fsp3) is 0.154. The molecule has 0 spiro atoms. The zero-order valence-corrected chi connectivity index (χ0v) is 17.0. The molecule has 0 radical (unpaired) electrons. The molecule has 31 heavy (non-hydrogen) atoms. The maximum atomic E-state index is 12.2. The predicted octanol–water partition coefficient (Wildman–Crippen LogP) is 4.46. The van der Waals surface area contributed by atoms with Crippen LogP contribution < -0.4 is 10.1 Å². The summed E-state index contributed by atoms with van der Waals surface area (Å²) in [5.74, 6) is 6.32. The van der Waals surface area contributed by atoms with Crippen LogP contribution in [0.5, 0.6) is 5.75 Å². The Kier molecular flexibility index (Phi) is 5.87. The molecular weight excluding hydrogens is 388 g/mol. The van der Waals surface area contributed by atoms with Crippen LogP contribution in [0.15, 0.2) is 66.7 Å². The van der Waals surface area contributed by atoms with Crippen molar-refractivity contribution < 1.29 is 14.3 Å². The average molecular weight is 408 g/mol. The lowest BCUT2D eigenvalue weighted by molar-refractivity contribution is 0.144. The highest BCUT2D eigenvalue weighted by Gasteiger charge is 2.28. The molecule has 0 bridgehead atoms. The summed E-state index contributed by atoms with van der Waals surface area (Å²) in [4.78, 5) is 12.2. The number of methoxy groups -OCH3 is 1. The van der Waals surface area contributed by atoms with Crippen molar-refractivity contribution in [3.8, 4) is 34.8 Å². The van der Waals surface area contributed by atoms with E-state index in [9.17, 15) is 4.79 Å². The van der Waals surface area contributed by atoms with Gasteiger partial charge in [0.2, 0.25) is 0 Å². The van der Waals surface area contributed by atoms with Gasteiger partial charge >= 0.3 is 6.09 Å². The van der Waals surface area contributed by atoms with E-state index in [0.717, 1.165) is 0 Å². The van der Waals surface area contributed by atoms with Crippen molar-refractivity contribution in [3.63, 3.8) is 0 Å². The highest BCUT2D eigenvalue weighted by atomic mass is 16.5. The zero-order chi connectivity index (χ0) is 21.6. The van der Waals surface area contributed by atoms with Crippen LogP contribution in [0.25, 0.3) is 11.1 Å². The van der Waals surface area contributed by atoms with E-state index >= 15 is 0 Å². The molecule has 5 nitrogen and oxygen atoms in total. The van der Waals surface area contributed by atoms with E-state index < -0.39 is 6.09 Å². The number of ether oxygens (including phenoxy) is 2. The van der Waals surface area contributed by atoms with Gasteiger partial charge in [-0.3, -0.25) is 0 Å². The number of hydrogen-bond donors (Lipinski definition) is 1. The van der Waals surface area contributed by atoms with Gasteiger partial charge < -0.3 is 14.8 Å². The summed E-state index contributed by atoms with van der Waals surface area (Å²) >= 11 is 0. The summed E-state index contributed by atoms with van der Waals surface area (Å²) in [5, 5.41) is 11.8. The normalized spacial score (nSPS) is 11.4. The Morgan fingerprint density at radius 1 is 1.03 bits per heavy atom. The van der Waals surface area contributed by atoms with E-state index in [1.54, 1.807) is 18.2 Å². The number of carbonyl (C=O) groups excluding carboxylic acids is 1. The van der Waals surface area contributed by atoms with E-state index in [-0.39, 0.29) is 19.1 Å². The molecule has 3 aromatic rings. The first-order valence-electron chi connectivity index (χ1n) is 9.87. The molecule has 3 aromatic carbocycles. The Morgan fingerprint density at radius 3 is 2.35 bits per heavy atom. The predicted molar refractivity (Wildman–Crippen MR) is 118 cm³/mol. The lowest BCUT2D eigenvalue weighted by Gasteiger charge is -2.14. The van der Waals surface area contributed by atoms with E-state index in [0.29, 0.717) is 16.9 Å². The number of carbonyl (C=O) groups is 1. The van der Waals surface area contributed by atoms with E-state index in [2.05, 4.69) is 47.5 Å². The third-order valence-electron chi connectivity index (χ3n) is 5.22. The van der Waals surface area contributed by atoms with Gasteiger partial charge in [-0.1, -0.05) is 60.4 Å². The molecule has 0 unspecified atom stereocenters. The summed E-state index contributed by atoms with van der Waals surface area (Å²) in [6.07, 6.45) is -0.511. The molecule has 4 rings (SSSR count). The van der Waals surface area contributed by atoms with Crippen LogP contribution in [0.3, 0.4) is 0 Å². The second-order valence-corrected chi connectivity index (χ2v) is 7.01. The van der Waals surface area contributed by atoms with Crippen LogP contribution in [0.4, 0.5) is 4.79 Å². The number of nitriles is 1. The molecule has 152 valence electrons. The van der Waals surface area contributed by atoms with Gasteiger partial charge in [0.25, 0.3) is 0 Å². The average Bonchev–Trinajstić information content (AvgIpc) is 3.14. The van der Waals surface area contributed by atoms with Gasteiger partial charge in [0.15, 0.2) is 0 Å². The maximum Gasteiger partial charge on any atom is 0.407 e. The largest absolute Gasteiger partial charge is 0.495 e. The Labute approximate surface area is 181 Å². The fourth-order valence-electron chi connectivity index (χ4n) is 3.79. The summed E-state index contributed by atoms with van der Waals surface area (Å²) in [5.41, 5.74) is 5.81. The quantitative estimate of drug-likeness (QED) is 0.647. The number of nitrogens with zero attached hydrogens (tertiary/aromatic N) is 1. The fourth-order valence-corrected chi connectivity index (χ4v) is 3.79. The number of hydrogen-bond acceptors (Lipinski definition) is 4. The third kappa shape index (κ3) is 4.22. The number of nitrogens with one attached hydrogen (secondary N) is 1. The summed E-state index contributed by atoms with van der Waals surface area (Å²) in [6, 6.07) is 23.6. The highest BCUT2D eigenvalue weighted by Crippen LogP contribution is 2.44. The maximum absolute atomic E-state index is 12.2. The third-order valence-corrected chi connectivity index (χ3v) is 5.22. The lowest BCUT2D eigenvalue weighted by atomic mass is 9.98. The van der Waals surface area contributed by atoms with Gasteiger partial charge in [-0.05, 0) is 40.5 Å². The Hall–Kier alpha value is -4.22. The van der Waals surface area contributed by atoms with Crippen molar-refractivity contribution in [1.82, 2.24) is 5.32 Å². The molecule has 1 aliphatic carbocycles.